The normalized spacial score (nSPS) is 15.4. The summed E-state index contributed by atoms with van der Waals surface area (Å²) in [5, 5.41) is 0.812. The van der Waals surface area contributed by atoms with Crippen LogP contribution in [-0.2, 0) is 9.53 Å². The molecule has 2 aromatic carbocycles. The van der Waals surface area contributed by atoms with Crippen LogP contribution in [0.1, 0.15) is 44.4 Å². The number of hydrogen-bond donors (Lipinski definition) is 0. The van der Waals surface area contributed by atoms with E-state index in [1.807, 2.05) is 6.07 Å². The van der Waals surface area contributed by atoms with E-state index in [2.05, 4.69) is 18.8 Å². The van der Waals surface area contributed by atoms with Gasteiger partial charge >= 0.3 is 5.97 Å². The Morgan fingerprint density at radius 2 is 1.89 bits per heavy atom. The molecule has 0 amide bonds. The number of esters is 1. The van der Waals surface area contributed by atoms with Crippen LogP contribution in [0.4, 0.5) is 0 Å². The van der Waals surface area contributed by atoms with Crippen LogP contribution in [0.5, 0.6) is 11.5 Å². The fraction of sp³-hybridized carbons (Fsp3) is 0.321. The molecule has 7 nitrogen and oxygen atoms in total. The highest BCUT2D eigenvalue weighted by Gasteiger charge is 2.33. The Morgan fingerprint density at radius 1 is 1.13 bits per heavy atom. The number of carbonyl (C=O) groups excluding carboxylic acids is 1. The molecular weight excluding hydrogens is 547 g/mol. The summed E-state index contributed by atoms with van der Waals surface area (Å²) in [6.45, 7) is 6.54. The van der Waals surface area contributed by atoms with Gasteiger partial charge in [-0.2, -0.15) is 0 Å². The molecule has 0 fully saturated rings. The van der Waals surface area contributed by atoms with Gasteiger partial charge in [0.25, 0.3) is 5.56 Å². The fourth-order valence-corrected chi connectivity index (χ4v) is 5.49. The predicted molar refractivity (Wildman–Crippen MR) is 150 cm³/mol. The van der Waals surface area contributed by atoms with Gasteiger partial charge in [-0.05, 0) is 60.7 Å². The molecule has 0 aliphatic carbocycles. The van der Waals surface area contributed by atoms with Crippen LogP contribution in [0.2, 0.25) is 10.0 Å². The lowest BCUT2D eigenvalue weighted by molar-refractivity contribution is -0.136. The van der Waals surface area contributed by atoms with Crippen molar-refractivity contribution >= 4 is 46.6 Å². The van der Waals surface area contributed by atoms with E-state index < -0.39 is 12.0 Å². The third-order valence-electron chi connectivity index (χ3n) is 6.12. The molecule has 200 valence electrons. The number of fused-ring (bicyclic) bond motifs is 1. The minimum atomic E-state index is -0.770. The van der Waals surface area contributed by atoms with E-state index in [4.69, 9.17) is 37.4 Å². The first kappa shape index (κ1) is 28.0. The first-order valence-electron chi connectivity index (χ1n) is 12.0. The first-order chi connectivity index (χ1) is 18.1. The van der Waals surface area contributed by atoms with Gasteiger partial charge in [-0.25, -0.2) is 9.79 Å². The summed E-state index contributed by atoms with van der Waals surface area (Å²) >= 11 is 13.4. The van der Waals surface area contributed by atoms with Crippen LogP contribution in [0.15, 0.2) is 57.5 Å². The molecule has 1 atom stereocenters. The molecular formula is C28H28Cl2N2O5S. The molecule has 3 aromatic rings. The summed E-state index contributed by atoms with van der Waals surface area (Å²) in [6.07, 6.45) is 2.63. The fourth-order valence-electron chi connectivity index (χ4n) is 4.14. The Morgan fingerprint density at radius 3 is 2.55 bits per heavy atom. The molecule has 10 heteroatoms. The maximum absolute atomic E-state index is 13.7. The average Bonchev–Trinajstić information content (AvgIpc) is 3.19. The molecule has 1 aliphatic heterocycles. The Labute approximate surface area is 234 Å². The van der Waals surface area contributed by atoms with Crippen molar-refractivity contribution in [3.63, 3.8) is 0 Å². The van der Waals surface area contributed by atoms with E-state index in [1.165, 1.54) is 23.0 Å². The number of ether oxygens (including phenoxy) is 3. The molecule has 0 saturated heterocycles. The lowest BCUT2D eigenvalue weighted by Crippen LogP contribution is -2.39. The number of aromatic nitrogens is 1. The molecule has 38 heavy (non-hydrogen) atoms. The monoisotopic (exact) mass is 574 g/mol. The highest BCUT2D eigenvalue weighted by atomic mass is 35.5. The Hall–Kier alpha value is -3.07. The second kappa shape index (κ2) is 11.8. The van der Waals surface area contributed by atoms with E-state index in [-0.39, 0.29) is 11.1 Å². The summed E-state index contributed by atoms with van der Waals surface area (Å²) < 4.78 is 18.6. The summed E-state index contributed by atoms with van der Waals surface area (Å²) in [4.78, 5) is 31.7. The van der Waals surface area contributed by atoms with Crippen molar-refractivity contribution in [1.29, 1.82) is 0 Å². The lowest BCUT2D eigenvalue weighted by atomic mass is 9.95. The quantitative estimate of drug-likeness (QED) is 0.348. The van der Waals surface area contributed by atoms with E-state index in [9.17, 15) is 9.59 Å². The minimum absolute atomic E-state index is 0.275. The van der Waals surface area contributed by atoms with Crippen LogP contribution in [-0.4, -0.2) is 31.4 Å². The SMILES string of the molecule is COC(=O)C1=C(C)N=c2s/c(=C\c3ccc(Cl)c(Cl)c3)c(=O)n2C1c1ccc(OCCC(C)C)c(OC)c1. The molecule has 0 bridgehead atoms. The Kier molecular flexibility index (Phi) is 8.65. The van der Waals surface area contributed by atoms with Gasteiger partial charge in [-0.3, -0.25) is 9.36 Å². The van der Waals surface area contributed by atoms with E-state index in [0.29, 0.717) is 54.7 Å². The van der Waals surface area contributed by atoms with E-state index in [0.717, 1.165) is 12.0 Å². The second-order valence-corrected chi connectivity index (χ2v) is 11.0. The van der Waals surface area contributed by atoms with Crippen LogP contribution < -0.4 is 24.4 Å². The minimum Gasteiger partial charge on any atom is -0.493 e. The summed E-state index contributed by atoms with van der Waals surface area (Å²) in [7, 11) is 2.86. The smallest absolute Gasteiger partial charge is 0.338 e. The van der Waals surface area contributed by atoms with Gasteiger partial charge in [-0.15, -0.1) is 0 Å². The number of rotatable bonds is 8. The third-order valence-corrected chi connectivity index (χ3v) is 7.85. The van der Waals surface area contributed by atoms with Crippen molar-refractivity contribution < 1.29 is 19.0 Å². The van der Waals surface area contributed by atoms with Gasteiger partial charge in [-0.1, -0.05) is 60.5 Å². The third kappa shape index (κ3) is 5.67. The van der Waals surface area contributed by atoms with E-state index in [1.54, 1.807) is 50.4 Å². The zero-order valence-corrected chi connectivity index (χ0v) is 24.0. The highest BCUT2D eigenvalue weighted by Crippen LogP contribution is 2.36. The molecule has 0 spiro atoms. The summed E-state index contributed by atoms with van der Waals surface area (Å²) in [6, 6.07) is 9.78. The van der Waals surface area contributed by atoms with Crippen LogP contribution in [0.3, 0.4) is 0 Å². The van der Waals surface area contributed by atoms with Gasteiger partial charge in [0.05, 0.1) is 52.7 Å². The average molecular weight is 576 g/mol. The first-order valence-corrected chi connectivity index (χ1v) is 13.6. The molecule has 0 radical (unpaired) electrons. The second-order valence-electron chi connectivity index (χ2n) is 9.19. The van der Waals surface area contributed by atoms with Crippen molar-refractivity contribution in [2.75, 3.05) is 20.8 Å². The number of carbonyl (C=O) groups is 1. The molecule has 1 unspecified atom stereocenters. The standard InChI is InChI=1S/C28H28Cl2N2O5S/c1-15(2)10-11-37-21-9-7-18(14-22(21)35-4)25-24(27(34)36-5)16(3)31-28-32(25)26(33)23(38-28)13-17-6-8-19(29)20(30)12-17/h6-9,12-15,25H,10-11H2,1-5H3/b23-13-. The van der Waals surface area contributed by atoms with Gasteiger partial charge in [0.2, 0.25) is 0 Å². The number of halogens is 2. The van der Waals surface area contributed by atoms with Gasteiger partial charge in [0, 0.05) is 0 Å². The van der Waals surface area contributed by atoms with Crippen LogP contribution >= 0.6 is 34.5 Å². The molecule has 2 heterocycles. The highest BCUT2D eigenvalue weighted by molar-refractivity contribution is 7.07. The molecule has 4 rings (SSSR count). The maximum atomic E-state index is 13.7. The molecule has 0 saturated carbocycles. The number of hydrogen-bond acceptors (Lipinski definition) is 7. The van der Waals surface area contributed by atoms with Crippen LogP contribution in [0.25, 0.3) is 6.08 Å². The van der Waals surface area contributed by atoms with Crippen molar-refractivity contribution in [3.05, 3.63) is 88.5 Å². The van der Waals surface area contributed by atoms with Crippen molar-refractivity contribution in [3.8, 4) is 11.5 Å². The zero-order valence-electron chi connectivity index (χ0n) is 21.7. The largest absolute Gasteiger partial charge is 0.493 e. The van der Waals surface area contributed by atoms with Gasteiger partial charge in [0.15, 0.2) is 16.3 Å². The number of nitrogens with zero attached hydrogens (tertiary/aromatic N) is 2. The van der Waals surface area contributed by atoms with Crippen molar-refractivity contribution in [2.45, 2.75) is 33.2 Å². The lowest BCUT2D eigenvalue weighted by Gasteiger charge is -2.25. The van der Waals surface area contributed by atoms with Gasteiger partial charge in [0.1, 0.15) is 0 Å². The molecule has 1 aliphatic rings. The maximum Gasteiger partial charge on any atom is 0.338 e. The molecule has 0 N–H and O–H groups in total. The number of benzene rings is 2. The Balaban J connectivity index is 1.87. The predicted octanol–water partition coefficient (Wildman–Crippen LogP) is 5.15. The van der Waals surface area contributed by atoms with Crippen molar-refractivity contribution in [1.82, 2.24) is 4.57 Å². The molecule has 1 aromatic heterocycles. The summed E-state index contributed by atoms with van der Waals surface area (Å²) in [5.74, 6) is 1.03. The number of methoxy groups -OCH3 is 2. The number of allylic oxidation sites excluding steroid dienone is 1. The van der Waals surface area contributed by atoms with Crippen molar-refractivity contribution in [2.24, 2.45) is 10.9 Å². The van der Waals surface area contributed by atoms with E-state index >= 15 is 0 Å². The van der Waals surface area contributed by atoms with Crippen LogP contribution in [0, 0.1) is 5.92 Å². The zero-order chi connectivity index (χ0) is 27.6. The Bertz CT molecular complexity index is 1590. The number of thiazole rings is 1. The topological polar surface area (TPSA) is 79.1 Å². The van der Waals surface area contributed by atoms with Gasteiger partial charge < -0.3 is 14.2 Å². The summed E-state index contributed by atoms with van der Waals surface area (Å²) in [5.41, 5.74) is 1.83.